The topological polar surface area (TPSA) is 93.9 Å². The first kappa shape index (κ1) is 18.5. The number of carbonyl (C=O) groups is 2. The van der Waals surface area contributed by atoms with E-state index in [1.807, 2.05) is 24.3 Å². The summed E-state index contributed by atoms with van der Waals surface area (Å²) in [6.07, 6.45) is 1.32. The molecule has 0 spiro atoms. The van der Waals surface area contributed by atoms with E-state index in [0.717, 1.165) is 23.4 Å². The van der Waals surface area contributed by atoms with Crippen molar-refractivity contribution in [1.29, 1.82) is 0 Å². The number of carboxylic acids is 1. The number of fused-ring (bicyclic) bond motifs is 1. The monoisotopic (exact) mass is 385 g/mol. The summed E-state index contributed by atoms with van der Waals surface area (Å²) < 4.78 is 12.2. The summed E-state index contributed by atoms with van der Waals surface area (Å²) in [5.41, 5.74) is 2.56. The van der Waals surface area contributed by atoms with Crippen LogP contribution in [-0.4, -0.2) is 58.5 Å². The van der Waals surface area contributed by atoms with Gasteiger partial charge in [-0.05, 0) is 24.1 Å². The van der Waals surface area contributed by atoms with Crippen molar-refractivity contribution in [1.82, 2.24) is 14.7 Å². The molecule has 1 aromatic heterocycles. The molecular formula is C20H23N3O5. The van der Waals surface area contributed by atoms with Gasteiger partial charge in [-0.25, -0.2) is 4.79 Å². The van der Waals surface area contributed by atoms with E-state index in [1.165, 1.54) is 0 Å². The molecule has 8 heteroatoms. The van der Waals surface area contributed by atoms with E-state index >= 15 is 0 Å². The average Bonchev–Trinajstić information content (AvgIpc) is 3.36. The van der Waals surface area contributed by atoms with Crippen LogP contribution in [0.2, 0.25) is 0 Å². The first-order valence-electron chi connectivity index (χ1n) is 9.38. The van der Waals surface area contributed by atoms with Gasteiger partial charge in [0.15, 0.2) is 5.69 Å². The molecule has 1 saturated heterocycles. The quantitative estimate of drug-likeness (QED) is 0.840. The fourth-order valence-corrected chi connectivity index (χ4v) is 3.87. The lowest BCUT2D eigenvalue weighted by Gasteiger charge is -2.29. The van der Waals surface area contributed by atoms with E-state index < -0.39 is 5.97 Å². The van der Waals surface area contributed by atoms with Crippen molar-refractivity contribution in [3.63, 3.8) is 0 Å². The van der Waals surface area contributed by atoms with Crippen LogP contribution in [0.5, 0.6) is 5.75 Å². The molecule has 1 atom stereocenters. The third-order valence-corrected chi connectivity index (χ3v) is 5.42. The lowest BCUT2D eigenvalue weighted by Crippen LogP contribution is -2.40. The van der Waals surface area contributed by atoms with Crippen LogP contribution >= 0.6 is 0 Å². The molecule has 3 heterocycles. The van der Waals surface area contributed by atoms with Gasteiger partial charge in [0.25, 0.3) is 0 Å². The molecule has 0 saturated carbocycles. The zero-order valence-corrected chi connectivity index (χ0v) is 15.8. The number of hydrogen-bond donors (Lipinski definition) is 1. The highest BCUT2D eigenvalue weighted by atomic mass is 16.5. The van der Waals surface area contributed by atoms with Gasteiger partial charge < -0.3 is 19.5 Å². The van der Waals surface area contributed by atoms with E-state index in [2.05, 4.69) is 5.10 Å². The number of aromatic nitrogens is 2. The van der Waals surface area contributed by atoms with E-state index in [0.29, 0.717) is 38.3 Å². The van der Waals surface area contributed by atoms with Crippen LogP contribution in [0.1, 0.15) is 33.7 Å². The van der Waals surface area contributed by atoms with Crippen LogP contribution in [0.15, 0.2) is 24.3 Å². The molecule has 4 rings (SSSR count). The predicted molar refractivity (Wildman–Crippen MR) is 99.3 cm³/mol. The SMILES string of the molecule is COc1ccc(Cn2nc(C(=O)O)c3c2CCN(C(=O)[C@H]2CCOC2)C3)cc1. The van der Waals surface area contributed by atoms with Gasteiger partial charge in [0.1, 0.15) is 5.75 Å². The summed E-state index contributed by atoms with van der Waals surface area (Å²) in [5.74, 6) is -0.377. The van der Waals surface area contributed by atoms with E-state index in [1.54, 1.807) is 16.7 Å². The molecule has 2 aliphatic heterocycles. The maximum Gasteiger partial charge on any atom is 0.356 e. The summed E-state index contributed by atoms with van der Waals surface area (Å²) in [7, 11) is 1.61. The van der Waals surface area contributed by atoms with Crippen LogP contribution in [0.25, 0.3) is 0 Å². The Hall–Kier alpha value is -2.87. The third-order valence-electron chi connectivity index (χ3n) is 5.42. The number of carbonyl (C=O) groups excluding carboxylic acids is 1. The highest BCUT2D eigenvalue weighted by molar-refractivity contribution is 5.88. The number of methoxy groups -OCH3 is 1. The average molecular weight is 385 g/mol. The van der Waals surface area contributed by atoms with Crippen molar-refractivity contribution in [3.8, 4) is 5.75 Å². The molecule has 0 unspecified atom stereocenters. The van der Waals surface area contributed by atoms with Gasteiger partial charge in [-0.15, -0.1) is 0 Å². The molecule has 28 heavy (non-hydrogen) atoms. The van der Waals surface area contributed by atoms with Gasteiger partial charge >= 0.3 is 5.97 Å². The summed E-state index contributed by atoms with van der Waals surface area (Å²) in [4.78, 5) is 26.2. The second kappa shape index (κ2) is 7.63. The predicted octanol–water partition coefficient (Wildman–Crippen LogP) is 1.56. The Labute approximate surface area is 162 Å². The number of nitrogens with zero attached hydrogens (tertiary/aromatic N) is 3. The minimum absolute atomic E-state index is 0.0312. The molecule has 1 amide bonds. The van der Waals surface area contributed by atoms with Crippen LogP contribution in [0.3, 0.4) is 0 Å². The fourth-order valence-electron chi connectivity index (χ4n) is 3.87. The molecular weight excluding hydrogens is 362 g/mol. The van der Waals surface area contributed by atoms with Crippen LogP contribution < -0.4 is 4.74 Å². The molecule has 2 aromatic rings. The molecule has 148 valence electrons. The van der Waals surface area contributed by atoms with Gasteiger partial charge in [-0.3, -0.25) is 9.48 Å². The fraction of sp³-hybridized carbons (Fsp3) is 0.450. The van der Waals surface area contributed by atoms with E-state index in [9.17, 15) is 14.7 Å². The molecule has 1 aromatic carbocycles. The van der Waals surface area contributed by atoms with E-state index in [-0.39, 0.29) is 24.1 Å². The van der Waals surface area contributed by atoms with Crippen molar-refractivity contribution in [2.24, 2.45) is 5.92 Å². The van der Waals surface area contributed by atoms with Crippen molar-refractivity contribution in [3.05, 3.63) is 46.8 Å². The summed E-state index contributed by atoms with van der Waals surface area (Å²) >= 11 is 0. The highest BCUT2D eigenvalue weighted by Crippen LogP contribution is 2.26. The van der Waals surface area contributed by atoms with Crippen molar-refractivity contribution in [2.75, 3.05) is 26.9 Å². The zero-order chi connectivity index (χ0) is 19.7. The van der Waals surface area contributed by atoms with Crippen molar-refractivity contribution < 1.29 is 24.2 Å². The maximum absolute atomic E-state index is 12.7. The van der Waals surface area contributed by atoms with Gasteiger partial charge in [-0.1, -0.05) is 12.1 Å². The first-order valence-corrected chi connectivity index (χ1v) is 9.38. The molecule has 1 fully saturated rings. The largest absolute Gasteiger partial charge is 0.497 e. The maximum atomic E-state index is 12.7. The number of benzene rings is 1. The molecule has 0 aliphatic carbocycles. The lowest BCUT2D eigenvalue weighted by atomic mass is 10.0. The number of aromatic carboxylic acids is 1. The Kier molecular flexibility index (Phi) is 5.04. The second-order valence-corrected chi connectivity index (χ2v) is 7.16. The highest BCUT2D eigenvalue weighted by Gasteiger charge is 2.34. The Bertz CT molecular complexity index is 884. The second-order valence-electron chi connectivity index (χ2n) is 7.16. The van der Waals surface area contributed by atoms with E-state index in [4.69, 9.17) is 9.47 Å². The van der Waals surface area contributed by atoms with Crippen LogP contribution in [0.4, 0.5) is 0 Å². The Morgan fingerprint density at radius 1 is 1.32 bits per heavy atom. The standard InChI is InChI=1S/C20H23N3O5/c1-27-15-4-2-13(3-5-15)10-23-17-6-8-22(19(24)14-7-9-28-12-14)11-16(17)18(21-23)20(25)26/h2-5,14H,6-12H2,1H3,(H,25,26)/t14-/m0/s1. The van der Waals surface area contributed by atoms with Gasteiger partial charge in [0.05, 0.1) is 26.2 Å². The summed E-state index contributed by atoms with van der Waals surface area (Å²) in [6, 6.07) is 7.61. The number of hydrogen-bond acceptors (Lipinski definition) is 5. The number of ether oxygens (including phenoxy) is 2. The van der Waals surface area contributed by atoms with Crippen molar-refractivity contribution >= 4 is 11.9 Å². The minimum atomic E-state index is -1.07. The van der Waals surface area contributed by atoms with Gasteiger partial charge in [-0.2, -0.15) is 5.10 Å². The molecule has 8 nitrogen and oxygen atoms in total. The van der Waals surface area contributed by atoms with Crippen LogP contribution in [-0.2, 0) is 29.0 Å². The number of carboxylic acid groups (broad SMARTS) is 1. The Morgan fingerprint density at radius 3 is 2.75 bits per heavy atom. The zero-order valence-electron chi connectivity index (χ0n) is 15.8. The Morgan fingerprint density at radius 2 is 2.11 bits per heavy atom. The summed E-state index contributed by atoms with van der Waals surface area (Å²) in [5, 5.41) is 14.0. The van der Waals surface area contributed by atoms with Gasteiger partial charge in [0, 0.05) is 37.4 Å². The summed E-state index contributed by atoms with van der Waals surface area (Å²) in [6.45, 7) is 2.38. The minimum Gasteiger partial charge on any atom is -0.497 e. The molecule has 1 N–H and O–H groups in total. The molecule has 0 radical (unpaired) electrons. The Balaban J connectivity index is 1.58. The van der Waals surface area contributed by atoms with Crippen LogP contribution in [0, 0.1) is 5.92 Å². The van der Waals surface area contributed by atoms with Crippen molar-refractivity contribution in [2.45, 2.75) is 25.9 Å². The lowest BCUT2D eigenvalue weighted by molar-refractivity contribution is -0.136. The normalized spacial score (nSPS) is 18.8. The molecule has 2 aliphatic rings. The first-order chi connectivity index (χ1) is 13.6. The number of rotatable bonds is 5. The molecule has 0 bridgehead atoms. The van der Waals surface area contributed by atoms with Gasteiger partial charge in [0.2, 0.25) is 5.91 Å². The smallest absolute Gasteiger partial charge is 0.356 e. The third kappa shape index (κ3) is 3.47. The number of amides is 1.